The molecule has 4 nitrogen and oxygen atoms in total. The first-order valence-electron chi connectivity index (χ1n) is 11.6. The van der Waals surface area contributed by atoms with Gasteiger partial charge in [-0.25, -0.2) is 0 Å². The summed E-state index contributed by atoms with van der Waals surface area (Å²) in [6, 6.07) is 0. The van der Waals surface area contributed by atoms with Crippen molar-refractivity contribution < 1.29 is 18.9 Å². The maximum Gasteiger partial charge on any atom is 0.0960 e. The van der Waals surface area contributed by atoms with Gasteiger partial charge in [0.05, 0.1) is 49.1 Å². The molecule has 2 heterocycles. The molecular formula is C25H38O4. The highest BCUT2D eigenvalue weighted by atomic mass is 16.6. The van der Waals surface area contributed by atoms with E-state index >= 15 is 0 Å². The molecule has 2 saturated heterocycles. The van der Waals surface area contributed by atoms with Crippen molar-refractivity contribution in [2.45, 2.75) is 71.9 Å². The molecule has 3 saturated carbocycles. The van der Waals surface area contributed by atoms with E-state index in [1.54, 1.807) is 0 Å². The van der Waals surface area contributed by atoms with Crippen LogP contribution < -0.4 is 0 Å². The minimum absolute atomic E-state index is 0.0890. The molecule has 29 heavy (non-hydrogen) atoms. The highest BCUT2D eigenvalue weighted by Gasteiger charge is 2.66. The molecule has 3 aliphatic carbocycles. The Bertz CT molecular complexity index is 671. The van der Waals surface area contributed by atoms with Gasteiger partial charge in [-0.2, -0.15) is 0 Å². The zero-order valence-electron chi connectivity index (χ0n) is 18.7. The smallest absolute Gasteiger partial charge is 0.0960 e. The molecule has 5 fully saturated rings. The monoisotopic (exact) mass is 402 g/mol. The quantitative estimate of drug-likeness (QED) is 0.432. The first-order valence-corrected chi connectivity index (χ1v) is 11.6. The summed E-state index contributed by atoms with van der Waals surface area (Å²) in [6.45, 7) is 21.1. The number of rotatable bonds is 8. The average Bonchev–Trinajstić information content (AvgIpc) is 2.91. The van der Waals surface area contributed by atoms with Crippen LogP contribution in [0.3, 0.4) is 0 Å². The van der Waals surface area contributed by atoms with Gasteiger partial charge in [0, 0.05) is 17.3 Å². The second-order valence-electron chi connectivity index (χ2n) is 11.4. The van der Waals surface area contributed by atoms with Gasteiger partial charge in [-0.05, 0) is 49.4 Å². The van der Waals surface area contributed by atoms with E-state index in [2.05, 4.69) is 47.8 Å². The highest BCUT2D eigenvalue weighted by molar-refractivity contribution is 5.18. The zero-order valence-corrected chi connectivity index (χ0v) is 18.7. The van der Waals surface area contributed by atoms with E-state index in [0.29, 0.717) is 79.1 Å². The molecule has 11 atom stereocenters. The molecule has 0 aromatic heterocycles. The van der Waals surface area contributed by atoms with E-state index in [9.17, 15) is 0 Å². The van der Waals surface area contributed by atoms with Gasteiger partial charge in [-0.3, -0.25) is 0 Å². The summed E-state index contributed by atoms with van der Waals surface area (Å²) in [5, 5.41) is 0. The molecule has 162 valence electrons. The second kappa shape index (κ2) is 6.75. The largest absolute Gasteiger partial charge is 0.498 e. The fourth-order valence-corrected chi connectivity index (χ4v) is 7.09. The second-order valence-corrected chi connectivity index (χ2v) is 11.4. The minimum atomic E-state index is -0.0890. The summed E-state index contributed by atoms with van der Waals surface area (Å²) in [5.41, 5.74) is -0.0890. The summed E-state index contributed by atoms with van der Waals surface area (Å²) in [7, 11) is 0. The number of allylic oxidation sites excluding steroid dienone is 2. The van der Waals surface area contributed by atoms with Gasteiger partial charge in [0.1, 0.15) is 0 Å². The van der Waals surface area contributed by atoms with E-state index in [4.69, 9.17) is 18.9 Å². The first kappa shape index (κ1) is 19.9. The third kappa shape index (κ3) is 3.17. The third-order valence-electron chi connectivity index (χ3n) is 8.80. The van der Waals surface area contributed by atoms with Crippen LogP contribution in [-0.2, 0) is 18.9 Å². The molecule has 5 aliphatic rings. The number of fused-ring (bicyclic) bond motifs is 7. The van der Waals surface area contributed by atoms with Crippen LogP contribution in [0.4, 0.5) is 0 Å². The lowest BCUT2D eigenvalue weighted by Crippen LogP contribution is -2.35. The maximum atomic E-state index is 6.25. The topological polar surface area (TPSA) is 40.2 Å². The molecule has 0 spiro atoms. The van der Waals surface area contributed by atoms with E-state index < -0.39 is 0 Å². The lowest BCUT2D eigenvalue weighted by molar-refractivity contribution is -0.0521. The molecule has 4 heteroatoms. The molecule has 0 aromatic carbocycles. The fourth-order valence-electron chi connectivity index (χ4n) is 7.09. The SMILES string of the molecule is C=C(OCC(C)(C)COC(=C)C1C(C)C2CC1C1OC21)C1C(C)C2CC1C(C)O2. The summed E-state index contributed by atoms with van der Waals surface area (Å²) < 4.78 is 24.3. The van der Waals surface area contributed by atoms with Crippen molar-refractivity contribution in [2.75, 3.05) is 13.2 Å². The van der Waals surface area contributed by atoms with Gasteiger partial charge in [0.15, 0.2) is 0 Å². The van der Waals surface area contributed by atoms with Crippen LogP contribution in [0.2, 0.25) is 0 Å². The molecule has 5 rings (SSSR count). The average molecular weight is 403 g/mol. The Hall–Kier alpha value is -1.00. The van der Waals surface area contributed by atoms with Gasteiger partial charge >= 0.3 is 0 Å². The Morgan fingerprint density at radius 3 is 2.00 bits per heavy atom. The lowest BCUT2D eigenvalue weighted by atomic mass is 9.79. The molecule has 11 unspecified atom stereocenters. The van der Waals surface area contributed by atoms with Crippen LogP contribution in [-0.4, -0.2) is 37.6 Å². The number of hydrogen-bond acceptors (Lipinski definition) is 4. The van der Waals surface area contributed by atoms with Gasteiger partial charge < -0.3 is 18.9 Å². The van der Waals surface area contributed by atoms with E-state index in [0.717, 1.165) is 17.9 Å². The van der Waals surface area contributed by atoms with Gasteiger partial charge in [0.2, 0.25) is 0 Å². The summed E-state index contributed by atoms with van der Waals surface area (Å²) in [4.78, 5) is 0. The van der Waals surface area contributed by atoms with E-state index in [1.807, 2.05) is 0 Å². The zero-order chi connectivity index (χ0) is 20.7. The van der Waals surface area contributed by atoms with Crippen molar-refractivity contribution >= 4 is 0 Å². The Kier molecular flexibility index (Phi) is 4.64. The first-order chi connectivity index (χ1) is 13.7. The predicted octanol–water partition coefficient (Wildman–Crippen LogP) is 4.80. The van der Waals surface area contributed by atoms with Crippen molar-refractivity contribution in [3.05, 3.63) is 24.7 Å². The third-order valence-corrected chi connectivity index (χ3v) is 8.80. The molecule has 0 aromatic rings. The summed E-state index contributed by atoms with van der Waals surface area (Å²) >= 11 is 0. The van der Waals surface area contributed by atoms with Crippen LogP contribution >= 0.6 is 0 Å². The van der Waals surface area contributed by atoms with Crippen LogP contribution in [0.5, 0.6) is 0 Å². The normalized spacial score (nSPS) is 49.2. The van der Waals surface area contributed by atoms with Crippen molar-refractivity contribution in [3.63, 3.8) is 0 Å². The standard InChI is InChI=1S/C25H38O4/c1-12-17-8-19(24-23(17)29-24)21(12)15(4)26-10-25(6,7)11-27-16(5)22-13(2)20-9-18(22)14(3)28-20/h12-14,17-24H,4-5,8-11H2,1-3,6-7H3. The number of epoxide rings is 1. The Labute approximate surface area is 176 Å². The summed E-state index contributed by atoms with van der Waals surface area (Å²) in [5.74, 6) is 5.76. The molecule has 2 aliphatic heterocycles. The van der Waals surface area contributed by atoms with Crippen molar-refractivity contribution in [1.29, 1.82) is 0 Å². The lowest BCUT2D eigenvalue weighted by Gasteiger charge is -2.35. The molecule has 0 N–H and O–H groups in total. The molecule has 0 amide bonds. The Balaban J connectivity index is 1.11. The van der Waals surface area contributed by atoms with Gasteiger partial charge in [-0.1, -0.05) is 40.9 Å². The van der Waals surface area contributed by atoms with Crippen LogP contribution in [0.1, 0.15) is 47.5 Å². The van der Waals surface area contributed by atoms with Crippen LogP contribution in [0.25, 0.3) is 0 Å². The number of ether oxygens (including phenoxy) is 4. The maximum absolute atomic E-state index is 6.25. The van der Waals surface area contributed by atoms with E-state index in [1.165, 1.54) is 6.42 Å². The Morgan fingerprint density at radius 2 is 1.41 bits per heavy atom. The Morgan fingerprint density at radius 1 is 0.828 bits per heavy atom. The highest BCUT2D eigenvalue weighted by Crippen LogP contribution is 2.63. The minimum Gasteiger partial charge on any atom is -0.498 e. The fraction of sp³-hybridized carbons (Fsp3) is 0.840. The van der Waals surface area contributed by atoms with Crippen LogP contribution in [0, 0.1) is 46.8 Å². The van der Waals surface area contributed by atoms with Crippen molar-refractivity contribution in [3.8, 4) is 0 Å². The molecule has 4 bridgehead atoms. The predicted molar refractivity (Wildman–Crippen MR) is 112 cm³/mol. The molecular weight excluding hydrogens is 364 g/mol. The van der Waals surface area contributed by atoms with Crippen molar-refractivity contribution in [1.82, 2.24) is 0 Å². The summed E-state index contributed by atoms with van der Waals surface area (Å²) in [6.07, 6.45) is 4.15. The van der Waals surface area contributed by atoms with Crippen LogP contribution in [0.15, 0.2) is 24.7 Å². The van der Waals surface area contributed by atoms with Crippen molar-refractivity contribution in [2.24, 2.45) is 46.8 Å². The van der Waals surface area contributed by atoms with E-state index in [-0.39, 0.29) is 5.41 Å². The number of hydrogen-bond donors (Lipinski definition) is 0. The van der Waals surface area contributed by atoms with Gasteiger partial charge in [0.25, 0.3) is 0 Å². The molecule has 0 radical (unpaired) electrons. The van der Waals surface area contributed by atoms with Gasteiger partial charge in [-0.15, -0.1) is 0 Å².